The molecule has 0 unspecified atom stereocenters. The number of ether oxygens (including phenoxy) is 6. The molecule has 20 nitrogen and oxygen atoms in total. The number of esters is 3. The normalized spacial score (nSPS) is 13.7. The van der Waals surface area contributed by atoms with Gasteiger partial charge in [0.05, 0.1) is 26.1 Å². The largest absolute Gasteiger partial charge is 0.481 e. The Morgan fingerprint density at radius 2 is 0.897 bits per heavy atom. The Kier molecular flexibility index (Phi) is 46.8. The molecule has 0 aliphatic carbocycles. The number of unbranched alkanes of at least 4 members (excludes halogenated alkanes) is 16. The maximum Gasteiger partial charge on any atom is 0.339 e. The number of nitrogens with one attached hydrogen (secondary N) is 2. The lowest BCUT2D eigenvalue weighted by atomic mass is 9.82. The number of carbonyl (C=O) groups excluding carboxylic acids is 7. The van der Waals surface area contributed by atoms with E-state index >= 15 is 0 Å². The first-order valence-electron chi connectivity index (χ1n) is 34.8. The number of carbonyl (C=O) groups is 8. The van der Waals surface area contributed by atoms with Crippen LogP contribution in [0.25, 0.3) is 0 Å². The molecule has 0 saturated carbocycles. The van der Waals surface area contributed by atoms with Crippen molar-refractivity contribution in [3.8, 4) is 35.2 Å². The maximum atomic E-state index is 13.9. The smallest absolute Gasteiger partial charge is 0.339 e. The lowest BCUT2D eigenvalue weighted by molar-refractivity contribution is -0.185. The average Bonchev–Trinajstić information content (AvgIpc) is 0.818. The third-order valence-corrected chi connectivity index (χ3v) is 16.1. The minimum absolute atomic E-state index is 0.0643. The molecule has 2 amide bonds. The van der Waals surface area contributed by atoms with E-state index in [1.165, 1.54) is 72.0 Å². The van der Waals surface area contributed by atoms with Gasteiger partial charge in [-0.15, -0.1) is 11.8 Å². The van der Waals surface area contributed by atoms with Gasteiger partial charge < -0.3 is 59.5 Å². The molecule has 2 aromatic carbocycles. The Balaban J connectivity index is 0.000000972. The number of aliphatic hydroxyl groups excluding tert-OH is 1. The summed E-state index contributed by atoms with van der Waals surface area (Å²) in [4.78, 5) is 103. The highest BCUT2D eigenvalue weighted by Gasteiger charge is 2.50. The quantitative estimate of drug-likeness (QED) is 0.0118. The SMILES string of the molecule is CC#CCOc1ccc(C[C@H](NC(=O)[C@@H](/C=C/CCCCCCC(=O)CCCCCCC)[C@@](O)(CCO)C(=O)OC(C)(C)C)C(=O)OC)cc1.CC#CCOc1ccc(C[C@H](NC(=O)[C@@H](/C=C/CCCCCCC(=O)CCCCCCC)[C@@](O)(CCOC)C(=O)O)C(=O)OC)cc1. The number of methoxy groups -OCH3 is 3. The molecular formula is C77H116N2O18. The van der Waals surface area contributed by atoms with Crippen molar-refractivity contribution < 1.29 is 87.2 Å². The van der Waals surface area contributed by atoms with Crippen molar-refractivity contribution in [3.63, 3.8) is 0 Å². The molecule has 0 aliphatic rings. The molecule has 97 heavy (non-hydrogen) atoms. The van der Waals surface area contributed by atoms with Crippen molar-refractivity contribution in [2.24, 2.45) is 11.8 Å². The third-order valence-electron chi connectivity index (χ3n) is 16.1. The predicted molar refractivity (Wildman–Crippen MR) is 375 cm³/mol. The summed E-state index contributed by atoms with van der Waals surface area (Å²) in [5, 5.41) is 48.0. The summed E-state index contributed by atoms with van der Waals surface area (Å²) in [5.74, 6) is 4.25. The molecule has 542 valence electrons. The van der Waals surface area contributed by atoms with E-state index in [0.717, 1.165) is 77.0 Å². The summed E-state index contributed by atoms with van der Waals surface area (Å²) >= 11 is 0. The van der Waals surface area contributed by atoms with Gasteiger partial charge in [-0.3, -0.25) is 19.2 Å². The molecule has 0 aliphatic heterocycles. The molecule has 0 heterocycles. The van der Waals surface area contributed by atoms with Crippen LogP contribution in [0.5, 0.6) is 11.5 Å². The van der Waals surface area contributed by atoms with Crippen LogP contribution in [-0.4, -0.2) is 144 Å². The second-order valence-corrected chi connectivity index (χ2v) is 25.3. The molecule has 0 bridgehead atoms. The number of hydrogen-bond donors (Lipinski definition) is 6. The van der Waals surface area contributed by atoms with Crippen LogP contribution < -0.4 is 20.1 Å². The van der Waals surface area contributed by atoms with Crippen molar-refractivity contribution in [2.45, 2.75) is 257 Å². The Labute approximate surface area is 578 Å². The number of aliphatic carboxylic acids is 1. The summed E-state index contributed by atoms with van der Waals surface area (Å²) in [7, 11) is 3.77. The summed E-state index contributed by atoms with van der Waals surface area (Å²) in [6.07, 6.45) is 27.2. The van der Waals surface area contributed by atoms with Gasteiger partial charge in [-0.05, 0) is 121 Å². The number of amides is 2. The number of carboxylic acids is 1. The fraction of sp³-hybridized carbons (Fsp3) is 0.636. The second kappa shape index (κ2) is 51.8. The predicted octanol–water partition coefficient (Wildman–Crippen LogP) is 11.8. The Bertz CT molecular complexity index is 2800. The summed E-state index contributed by atoms with van der Waals surface area (Å²) < 4.78 is 31.4. The van der Waals surface area contributed by atoms with Gasteiger partial charge in [0.25, 0.3) is 0 Å². The van der Waals surface area contributed by atoms with Crippen molar-refractivity contribution in [1.29, 1.82) is 0 Å². The van der Waals surface area contributed by atoms with Gasteiger partial charge in [-0.2, -0.15) is 0 Å². The van der Waals surface area contributed by atoms with Gasteiger partial charge in [-0.1, -0.05) is 151 Å². The van der Waals surface area contributed by atoms with E-state index in [9.17, 15) is 58.8 Å². The molecule has 2 rings (SSSR count). The summed E-state index contributed by atoms with van der Waals surface area (Å²) in [6, 6.07) is 11.6. The molecule has 0 fully saturated rings. The van der Waals surface area contributed by atoms with E-state index in [0.29, 0.717) is 72.7 Å². The number of benzene rings is 2. The highest BCUT2D eigenvalue weighted by atomic mass is 16.6. The van der Waals surface area contributed by atoms with Crippen LogP contribution in [0.4, 0.5) is 0 Å². The molecule has 6 N–H and O–H groups in total. The van der Waals surface area contributed by atoms with Crippen molar-refractivity contribution in [2.75, 3.05) is 47.8 Å². The van der Waals surface area contributed by atoms with Crippen LogP contribution in [-0.2, 0) is 70.1 Å². The highest BCUT2D eigenvalue weighted by molar-refractivity contribution is 5.94. The molecule has 0 saturated heterocycles. The summed E-state index contributed by atoms with van der Waals surface area (Å²) in [5.41, 5.74) is -4.47. The number of rotatable bonds is 51. The Morgan fingerprint density at radius 3 is 1.23 bits per heavy atom. The van der Waals surface area contributed by atoms with Gasteiger partial charge >= 0.3 is 23.9 Å². The van der Waals surface area contributed by atoms with Crippen LogP contribution in [0.3, 0.4) is 0 Å². The number of hydrogen-bond acceptors (Lipinski definition) is 17. The van der Waals surface area contributed by atoms with E-state index < -0.39 is 89.4 Å². The maximum absolute atomic E-state index is 13.9. The van der Waals surface area contributed by atoms with Gasteiger partial charge in [0.1, 0.15) is 54.0 Å². The standard InChI is InChI=1S/C40H61NO9.C37H55NO9/c1-7-9-11-14-17-20-32(43)21-18-15-12-13-16-19-22-34(40(47,27-28-42)38(46)50-39(3,4)5)36(44)41-35(37(45)48-6)30-31-23-25-33(26-24-31)49-29-10-8-2;1-5-7-9-12-15-18-30(39)19-16-13-10-11-14-17-20-32(37(44,36(42)43)25-27-45-3)34(40)38-33(35(41)46-4)28-29-21-23-31(24-22-29)47-26-8-6-2/h19,22-26,34-35,42,47H,7,9,11-18,20-21,27-30H2,1-6H3,(H,41,44);17,20-24,32-33,44H,5,7,9-16,18-19,25-28H2,1-4H3,(H,38,40)(H,42,43)/b22-19+;20-17+/t34-,35+,40+;32-,33+,37+/m11/s1. The summed E-state index contributed by atoms with van der Waals surface area (Å²) in [6.45, 7) is 12.5. The zero-order valence-electron chi connectivity index (χ0n) is 59.9. The van der Waals surface area contributed by atoms with E-state index in [-0.39, 0.29) is 39.1 Å². The van der Waals surface area contributed by atoms with Crippen molar-refractivity contribution in [3.05, 3.63) is 84.0 Å². The molecule has 2 aromatic rings. The number of allylic oxidation sites excluding steroid dienone is 2. The van der Waals surface area contributed by atoms with Gasteiger partial charge in [0.15, 0.2) is 11.2 Å². The van der Waals surface area contributed by atoms with Crippen LogP contribution in [0.1, 0.15) is 227 Å². The molecule has 20 heteroatoms. The fourth-order valence-electron chi connectivity index (χ4n) is 10.4. The van der Waals surface area contributed by atoms with Crippen LogP contribution in [0, 0.1) is 35.5 Å². The number of Topliss-reactive ketones (excluding diaryl/α,β-unsaturated/α-hetero) is 2. The van der Waals surface area contributed by atoms with Crippen molar-refractivity contribution >= 4 is 47.3 Å². The minimum Gasteiger partial charge on any atom is -0.481 e. The lowest BCUT2D eigenvalue weighted by Gasteiger charge is -2.34. The zero-order chi connectivity index (χ0) is 72.3. The number of carboxylic acid groups (broad SMARTS) is 1. The first kappa shape index (κ1) is 87.7. The van der Waals surface area contributed by atoms with E-state index in [4.69, 9.17) is 28.4 Å². The average molecular weight is 1360 g/mol. The molecular weight excluding hydrogens is 1240 g/mol. The van der Waals surface area contributed by atoms with Gasteiger partial charge in [0, 0.05) is 71.7 Å². The Hall–Kier alpha value is -7.36. The van der Waals surface area contributed by atoms with Crippen molar-refractivity contribution in [1.82, 2.24) is 10.6 Å². The Morgan fingerprint density at radius 1 is 0.526 bits per heavy atom. The lowest BCUT2D eigenvalue weighted by Crippen LogP contribution is -2.56. The second-order valence-electron chi connectivity index (χ2n) is 25.3. The first-order valence-corrected chi connectivity index (χ1v) is 34.8. The van der Waals surface area contributed by atoms with Crippen LogP contribution >= 0.6 is 0 Å². The zero-order valence-corrected chi connectivity index (χ0v) is 59.9. The van der Waals surface area contributed by atoms with E-state index in [2.05, 4.69) is 48.2 Å². The van der Waals surface area contributed by atoms with Gasteiger partial charge in [-0.25, -0.2) is 19.2 Å². The first-order chi connectivity index (χ1) is 46.4. The topological polar surface area (TPSA) is 297 Å². The molecule has 6 atom stereocenters. The molecule has 0 aromatic heterocycles. The fourth-order valence-corrected chi connectivity index (χ4v) is 10.4. The van der Waals surface area contributed by atoms with Crippen LogP contribution in [0.15, 0.2) is 72.8 Å². The van der Waals surface area contributed by atoms with Crippen LogP contribution in [0.2, 0.25) is 0 Å². The highest BCUT2D eigenvalue weighted by Crippen LogP contribution is 2.30. The third kappa shape index (κ3) is 37.8. The number of ketones is 2. The van der Waals surface area contributed by atoms with E-state index in [1.807, 2.05) is 0 Å². The minimum atomic E-state index is -2.48. The molecule has 0 radical (unpaired) electrons. The van der Waals surface area contributed by atoms with Gasteiger partial charge in [0.2, 0.25) is 11.8 Å². The number of aliphatic hydroxyl groups is 3. The van der Waals surface area contributed by atoms with E-state index in [1.54, 1.807) is 95.3 Å². The monoisotopic (exact) mass is 1360 g/mol. The molecule has 0 spiro atoms.